The number of thioether (sulfide) groups is 1. The lowest BCUT2D eigenvalue weighted by Gasteiger charge is -2.12. The summed E-state index contributed by atoms with van der Waals surface area (Å²) in [6.45, 7) is 6.20. The third kappa shape index (κ3) is 5.00. The topological polar surface area (TPSA) is 85.6 Å². The molecule has 2 aromatic carbocycles. The minimum Gasteiger partial charge on any atom is -0.300 e. The second-order valence-electron chi connectivity index (χ2n) is 7.84. The first-order valence-electron chi connectivity index (χ1n) is 9.75. The molecule has 1 N–H and O–H groups in total. The van der Waals surface area contributed by atoms with Gasteiger partial charge in [0.1, 0.15) is 5.01 Å². The van der Waals surface area contributed by atoms with Gasteiger partial charge in [-0.05, 0) is 12.1 Å². The lowest BCUT2D eigenvalue weighted by atomic mass is 9.98. The summed E-state index contributed by atoms with van der Waals surface area (Å²) in [6.07, 6.45) is 0. The maximum Gasteiger partial charge on any atom is 0.236 e. The molecule has 2 heterocycles. The molecule has 0 atom stereocenters. The van der Waals surface area contributed by atoms with Gasteiger partial charge in [0.15, 0.2) is 11.0 Å². The first kappa shape index (κ1) is 21.2. The minimum absolute atomic E-state index is 0.102. The van der Waals surface area contributed by atoms with Crippen molar-refractivity contribution in [3.63, 3.8) is 0 Å². The zero-order chi connectivity index (χ0) is 21.8. The fourth-order valence-electron chi connectivity index (χ4n) is 2.81. The fraction of sp³-hybridized carbons (Fsp3) is 0.227. The van der Waals surface area contributed by atoms with Gasteiger partial charge in [-0.3, -0.25) is 14.7 Å². The Balaban J connectivity index is 1.53. The van der Waals surface area contributed by atoms with E-state index in [4.69, 9.17) is 0 Å². The molecule has 0 saturated heterocycles. The molecule has 0 aliphatic carbocycles. The summed E-state index contributed by atoms with van der Waals surface area (Å²) >= 11 is 2.73. The predicted molar refractivity (Wildman–Crippen MR) is 125 cm³/mol. The Morgan fingerprint density at radius 2 is 1.65 bits per heavy atom. The maximum absolute atomic E-state index is 12.5. The molecule has 7 nitrogen and oxygen atoms in total. The highest BCUT2D eigenvalue weighted by Crippen LogP contribution is 2.29. The van der Waals surface area contributed by atoms with Gasteiger partial charge in [0.05, 0.1) is 5.75 Å². The number of benzene rings is 2. The van der Waals surface area contributed by atoms with Crippen molar-refractivity contribution in [3.05, 3.63) is 65.7 Å². The van der Waals surface area contributed by atoms with Gasteiger partial charge in [-0.1, -0.05) is 92.4 Å². The van der Waals surface area contributed by atoms with Crippen molar-refractivity contribution in [2.45, 2.75) is 31.3 Å². The van der Waals surface area contributed by atoms with Gasteiger partial charge in [0, 0.05) is 16.7 Å². The summed E-state index contributed by atoms with van der Waals surface area (Å²) in [7, 11) is 0. The molecule has 1 amide bonds. The molecule has 0 fully saturated rings. The van der Waals surface area contributed by atoms with Crippen molar-refractivity contribution >= 4 is 34.1 Å². The van der Waals surface area contributed by atoms with Crippen LogP contribution < -0.4 is 5.32 Å². The van der Waals surface area contributed by atoms with Crippen LogP contribution in [-0.4, -0.2) is 36.6 Å². The Labute approximate surface area is 189 Å². The maximum atomic E-state index is 12.5. The molecule has 31 heavy (non-hydrogen) atoms. The molecule has 0 aliphatic rings. The average Bonchev–Trinajstić information content (AvgIpc) is 3.40. The number of hydrogen-bond donors (Lipinski definition) is 1. The van der Waals surface area contributed by atoms with Crippen molar-refractivity contribution in [2.24, 2.45) is 0 Å². The lowest BCUT2D eigenvalue weighted by molar-refractivity contribution is -0.113. The van der Waals surface area contributed by atoms with Crippen LogP contribution in [0.4, 0.5) is 5.13 Å². The second kappa shape index (κ2) is 8.99. The Morgan fingerprint density at radius 1 is 0.968 bits per heavy atom. The van der Waals surface area contributed by atoms with Gasteiger partial charge in [-0.15, -0.1) is 20.4 Å². The number of amides is 1. The number of aromatic nitrogens is 5. The molecule has 0 unspecified atom stereocenters. The predicted octanol–water partition coefficient (Wildman–Crippen LogP) is 4.81. The Bertz CT molecular complexity index is 1170. The Morgan fingerprint density at radius 3 is 2.29 bits per heavy atom. The van der Waals surface area contributed by atoms with Crippen molar-refractivity contribution in [1.82, 2.24) is 25.0 Å². The standard InChI is InChI=1S/C22H22N6OS2/c1-22(2,3)19-25-26-20(31-19)23-17(29)14-30-21-27-24-18(15-10-6-4-7-11-15)28(21)16-12-8-5-9-13-16/h4-13H,14H2,1-3H3,(H,23,26,29). The van der Waals surface area contributed by atoms with E-state index in [-0.39, 0.29) is 17.1 Å². The molecular weight excluding hydrogens is 428 g/mol. The molecule has 4 rings (SSSR count). The monoisotopic (exact) mass is 450 g/mol. The van der Waals surface area contributed by atoms with Crippen LogP contribution in [0.3, 0.4) is 0 Å². The first-order valence-corrected chi connectivity index (χ1v) is 11.5. The highest BCUT2D eigenvalue weighted by molar-refractivity contribution is 7.99. The average molecular weight is 451 g/mol. The van der Waals surface area contributed by atoms with E-state index < -0.39 is 0 Å². The Kier molecular flexibility index (Phi) is 6.15. The van der Waals surface area contributed by atoms with Gasteiger partial charge in [0.2, 0.25) is 11.0 Å². The van der Waals surface area contributed by atoms with Crippen molar-refractivity contribution in [1.29, 1.82) is 0 Å². The summed E-state index contributed by atoms with van der Waals surface area (Å²) < 4.78 is 1.97. The van der Waals surface area contributed by atoms with E-state index in [1.807, 2.05) is 65.2 Å². The smallest absolute Gasteiger partial charge is 0.236 e. The number of para-hydroxylation sites is 1. The number of anilines is 1. The van der Waals surface area contributed by atoms with E-state index in [0.717, 1.165) is 22.1 Å². The van der Waals surface area contributed by atoms with Crippen LogP contribution in [0, 0.1) is 0 Å². The van der Waals surface area contributed by atoms with E-state index >= 15 is 0 Å². The zero-order valence-electron chi connectivity index (χ0n) is 17.4. The number of rotatable bonds is 6. The summed E-state index contributed by atoms with van der Waals surface area (Å²) in [5.41, 5.74) is 1.79. The normalized spacial score (nSPS) is 11.5. The van der Waals surface area contributed by atoms with Gasteiger partial charge in [0.25, 0.3) is 0 Å². The van der Waals surface area contributed by atoms with Crippen molar-refractivity contribution in [3.8, 4) is 17.1 Å². The van der Waals surface area contributed by atoms with Crippen molar-refractivity contribution < 1.29 is 4.79 Å². The van der Waals surface area contributed by atoms with E-state index in [0.29, 0.717) is 10.3 Å². The molecule has 0 aliphatic heterocycles. The number of nitrogens with one attached hydrogen (secondary N) is 1. The Hall–Kier alpha value is -3.04. The van der Waals surface area contributed by atoms with Gasteiger partial charge in [-0.25, -0.2) is 0 Å². The fourth-order valence-corrected chi connectivity index (χ4v) is 4.38. The number of carbonyl (C=O) groups is 1. The SMILES string of the molecule is CC(C)(C)c1nnc(NC(=O)CSc2nnc(-c3ccccc3)n2-c2ccccc2)s1. The quantitative estimate of drug-likeness (QED) is 0.424. The van der Waals surface area contributed by atoms with Gasteiger partial charge >= 0.3 is 0 Å². The van der Waals surface area contributed by atoms with Crippen LogP contribution in [0.2, 0.25) is 0 Å². The number of nitrogens with zero attached hydrogens (tertiary/aromatic N) is 5. The highest BCUT2D eigenvalue weighted by atomic mass is 32.2. The molecule has 0 spiro atoms. The third-order valence-electron chi connectivity index (χ3n) is 4.33. The first-order chi connectivity index (χ1) is 14.9. The highest BCUT2D eigenvalue weighted by Gasteiger charge is 2.21. The van der Waals surface area contributed by atoms with Crippen LogP contribution in [0.15, 0.2) is 65.8 Å². The van der Waals surface area contributed by atoms with Crippen LogP contribution in [0.5, 0.6) is 0 Å². The second-order valence-corrected chi connectivity index (χ2v) is 9.76. The van der Waals surface area contributed by atoms with E-state index in [9.17, 15) is 4.79 Å². The molecule has 0 bridgehead atoms. The molecule has 0 radical (unpaired) electrons. The molecule has 4 aromatic rings. The molecule has 2 aromatic heterocycles. The molecule has 0 saturated carbocycles. The lowest BCUT2D eigenvalue weighted by Crippen LogP contribution is -2.14. The number of carbonyl (C=O) groups excluding carboxylic acids is 1. The van der Waals surface area contributed by atoms with Crippen LogP contribution in [0.1, 0.15) is 25.8 Å². The van der Waals surface area contributed by atoms with Crippen LogP contribution in [-0.2, 0) is 10.2 Å². The summed E-state index contributed by atoms with van der Waals surface area (Å²) in [6, 6.07) is 19.8. The van der Waals surface area contributed by atoms with Crippen LogP contribution in [0.25, 0.3) is 17.1 Å². The summed E-state index contributed by atoms with van der Waals surface area (Å²) in [5, 5.41) is 21.9. The summed E-state index contributed by atoms with van der Waals surface area (Å²) in [5.74, 6) is 0.753. The van der Waals surface area contributed by atoms with Crippen LogP contribution >= 0.6 is 23.1 Å². The minimum atomic E-state index is -0.162. The van der Waals surface area contributed by atoms with Gasteiger partial charge < -0.3 is 0 Å². The summed E-state index contributed by atoms with van der Waals surface area (Å²) in [4.78, 5) is 12.5. The third-order valence-corrected chi connectivity index (χ3v) is 6.52. The molecule has 158 valence electrons. The molecular formula is C22H22N6OS2. The van der Waals surface area contributed by atoms with E-state index in [1.54, 1.807) is 0 Å². The zero-order valence-corrected chi connectivity index (χ0v) is 19.1. The molecule has 9 heteroatoms. The van der Waals surface area contributed by atoms with E-state index in [2.05, 4.69) is 46.5 Å². The van der Waals surface area contributed by atoms with Gasteiger partial charge in [-0.2, -0.15) is 0 Å². The number of hydrogen-bond acceptors (Lipinski definition) is 7. The van der Waals surface area contributed by atoms with Crippen molar-refractivity contribution in [2.75, 3.05) is 11.1 Å². The largest absolute Gasteiger partial charge is 0.300 e. The van der Waals surface area contributed by atoms with E-state index in [1.165, 1.54) is 23.1 Å².